The third kappa shape index (κ3) is 8.30. The molecule has 88 valence electrons. The summed E-state index contributed by atoms with van der Waals surface area (Å²) in [6.07, 6.45) is 3.21. The van der Waals surface area contributed by atoms with Gasteiger partial charge in [0.2, 0.25) is 6.08 Å². The molecule has 0 heterocycles. The zero-order valence-electron chi connectivity index (χ0n) is 9.86. The Hall–Kier alpha value is -0.700. The molecule has 0 bridgehead atoms. The Morgan fingerprint density at radius 2 is 1.80 bits per heavy atom. The van der Waals surface area contributed by atoms with Crippen LogP contribution in [0, 0.1) is 5.92 Å². The summed E-state index contributed by atoms with van der Waals surface area (Å²) in [6.45, 7) is 7.81. The number of aliphatic imine (C=N–C) groups is 1. The molecule has 0 aliphatic heterocycles. The van der Waals surface area contributed by atoms with E-state index >= 15 is 0 Å². The molecule has 0 fully saturated rings. The first-order valence-corrected chi connectivity index (χ1v) is 5.51. The van der Waals surface area contributed by atoms with E-state index in [1.165, 1.54) is 0 Å². The van der Waals surface area contributed by atoms with E-state index in [4.69, 9.17) is 9.47 Å². The first-order valence-electron chi connectivity index (χ1n) is 5.51. The quantitative estimate of drug-likeness (QED) is 0.336. The summed E-state index contributed by atoms with van der Waals surface area (Å²) in [4.78, 5) is 13.5. The molecular weight excluding hydrogens is 194 g/mol. The van der Waals surface area contributed by atoms with Crippen LogP contribution in [-0.2, 0) is 14.3 Å². The highest BCUT2D eigenvalue weighted by Gasteiger charge is 2.10. The molecule has 0 aromatic heterocycles. The van der Waals surface area contributed by atoms with Gasteiger partial charge in [0.1, 0.15) is 0 Å². The van der Waals surface area contributed by atoms with Crippen LogP contribution >= 0.6 is 0 Å². The lowest BCUT2D eigenvalue weighted by molar-refractivity contribution is -0.141. The summed E-state index contributed by atoms with van der Waals surface area (Å²) in [7, 11) is 0. The molecule has 0 rings (SSSR count). The summed E-state index contributed by atoms with van der Waals surface area (Å²) in [5.74, 6) is 0.370. The van der Waals surface area contributed by atoms with Crippen LogP contribution in [0.1, 0.15) is 33.6 Å². The fourth-order valence-corrected chi connectivity index (χ4v) is 1.29. The van der Waals surface area contributed by atoms with E-state index < -0.39 is 0 Å². The predicted octanol–water partition coefficient (Wildman–Crippen LogP) is 2.14. The zero-order valence-corrected chi connectivity index (χ0v) is 9.86. The number of carbonyl (C=O) groups excluding carboxylic acids is 1. The van der Waals surface area contributed by atoms with Crippen LogP contribution in [0.4, 0.5) is 0 Å². The average molecular weight is 215 g/mol. The van der Waals surface area contributed by atoms with Gasteiger partial charge >= 0.3 is 0 Å². The Labute approximate surface area is 91.7 Å². The Balaban J connectivity index is 3.71. The maximum Gasteiger partial charge on any atom is 0.234 e. The van der Waals surface area contributed by atoms with Crippen molar-refractivity contribution in [3.05, 3.63) is 0 Å². The van der Waals surface area contributed by atoms with E-state index in [1.54, 1.807) is 6.08 Å². The van der Waals surface area contributed by atoms with Gasteiger partial charge in [-0.3, -0.25) is 0 Å². The van der Waals surface area contributed by atoms with Crippen molar-refractivity contribution >= 4 is 6.08 Å². The summed E-state index contributed by atoms with van der Waals surface area (Å²) in [6, 6.07) is 0. The van der Waals surface area contributed by atoms with Crippen LogP contribution in [0.25, 0.3) is 0 Å². The van der Waals surface area contributed by atoms with Crippen molar-refractivity contribution in [2.75, 3.05) is 19.8 Å². The van der Waals surface area contributed by atoms with E-state index in [1.807, 2.05) is 13.8 Å². The Bertz CT molecular complexity index is 184. The highest BCUT2D eigenvalue weighted by molar-refractivity contribution is 5.32. The molecule has 0 aromatic rings. The molecule has 0 saturated heterocycles. The minimum atomic E-state index is -0.123. The van der Waals surface area contributed by atoms with Crippen LogP contribution in [-0.4, -0.2) is 32.1 Å². The summed E-state index contributed by atoms with van der Waals surface area (Å²) in [5.41, 5.74) is 0. The van der Waals surface area contributed by atoms with Crippen LogP contribution in [0.3, 0.4) is 0 Å². The summed E-state index contributed by atoms with van der Waals surface area (Å²) in [5, 5.41) is 0. The second kappa shape index (κ2) is 9.84. The largest absolute Gasteiger partial charge is 0.353 e. The predicted molar refractivity (Wildman–Crippen MR) is 58.4 cm³/mol. The molecule has 1 unspecified atom stereocenters. The van der Waals surface area contributed by atoms with Gasteiger partial charge in [-0.2, -0.15) is 0 Å². The first kappa shape index (κ1) is 14.3. The van der Waals surface area contributed by atoms with Gasteiger partial charge < -0.3 is 9.47 Å². The topological polar surface area (TPSA) is 47.9 Å². The van der Waals surface area contributed by atoms with E-state index in [0.717, 1.165) is 12.8 Å². The molecule has 0 radical (unpaired) electrons. The third-order valence-corrected chi connectivity index (χ3v) is 2.07. The highest BCUT2D eigenvalue weighted by atomic mass is 16.7. The van der Waals surface area contributed by atoms with Gasteiger partial charge in [-0.05, 0) is 32.6 Å². The molecule has 15 heavy (non-hydrogen) atoms. The Kier molecular flexibility index (Phi) is 9.38. The van der Waals surface area contributed by atoms with Crippen molar-refractivity contribution in [1.29, 1.82) is 0 Å². The molecule has 0 aromatic carbocycles. The monoisotopic (exact) mass is 215 g/mol. The van der Waals surface area contributed by atoms with Crippen molar-refractivity contribution in [1.82, 2.24) is 0 Å². The van der Waals surface area contributed by atoms with Crippen LogP contribution in [0.2, 0.25) is 0 Å². The van der Waals surface area contributed by atoms with Crippen molar-refractivity contribution in [3.8, 4) is 0 Å². The molecule has 4 nitrogen and oxygen atoms in total. The van der Waals surface area contributed by atoms with Gasteiger partial charge in [-0.15, -0.1) is 0 Å². The number of hydrogen-bond acceptors (Lipinski definition) is 4. The third-order valence-electron chi connectivity index (χ3n) is 2.07. The number of nitrogens with zero attached hydrogens (tertiary/aromatic N) is 1. The maximum atomic E-state index is 9.91. The van der Waals surface area contributed by atoms with Crippen molar-refractivity contribution < 1.29 is 14.3 Å². The summed E-state index contributed by atoms with van der Waals surface area (Å²) < 4.78 is 10.8. The van der Waals surface area contributed by atoms with Crippen LogP contribution in [0.15, 0.2) is 4.99 Å². The molecule has 0 spiro atoms. The van der Waals surface area contributed by atoms with Gasteiger partial charge in [-0.1, -0.05) is 6.92 Å². The second-order valence-corrected chi connectivity index (χ2v) is 3.45. The van der Waals surface area contributed by atoms with E-state index in [-0.39, 0.29) is 6.29 Å². The van der Waals surface area contributed by atoms with Gasteiger partial charge in [0.15, 0.2) is 6.29 Å². The fraction of sp³-hybridized carbons (Fsp3) is 0.909. The Morgan fingerprint density at radius 3 is 2.27 bits per heavy atom. The smallest absolute Gasteiger partial charge is 0.234 e. The van der Waals surface area contributed by atoms with E-state index in [9.17, 15) is 4.79 Å². The molecule has 0 saturated carbocycles. The Morgan fingerprint density at radius 1 is 1.20 bits per heavy atom. The van der Waals surface area contributed by atoms with Gasteiger partial charge in [0.25, 0.3) is 0 Å². The number of isocyanates is 1. The lowest BCUT2D eigenvalue weighted by Gasteiger charge is -2.18. The maximum absolute atomic E-state index is 9.91. The van der Waals surface area contributed by atoms with Crippen molar-refractivity contribution in [2.45, 2.75) is 39.9 Å². The normalized spacial score (nSPS) is 12.5. The van der Waals surface area contributed by atoms with E-state index in [2.05, 4.69) is 11.9 Å². The van der Waals surface area contributed by atoms with Gasteiger partial charge in [-0.25, -0.2) is 9.79 Å². The average Bonchev–Trinajstić information content (AvgIpc) is 2.23. The fourth-order valence-electron chi connectivity index (χ4n) is 1.29. The van der Waals surface area contributed by atoms with Crippen LogP contribution < -0.4 is 0 Å². The molecule has 4 heteroatoms. The first-order chi connectivity index (χ1) is 7.24. The molecule has 0 aliphatic carbocycles. The van der Waals surface area contributed by atoms with Crippen molar-refractivity contribution in [3.63, 3.8) is 0 Å². The van der Waals surface area contributed by atoms with Gasteiger partial charge in [0, 0.05) is 13.2 Å². The molecule has 0 amide bonds. The molecule has 1 atom stereocenters. The highest BCUT2D eigenvalue weighted by Crippen LogP contribution is 2.11. The SMILES string of the molecule is CCOC(CCC(C)CN=C=O)OCC. The van der Waals surface area contributed by atoms with Crippen molar-refractivity contribution in [2.24, 2.45) is 10.9 Å². The van der Waals surface area contributed by atoms with Gasteiger partial charge in [0.05, 0.1) is 6.54 Å². The lowest BCUT2D eigenvalue weighted by Crippen LogP contribution is -2.18. The number of ether oxygens (including phenoxy) is 2. The lowest BCUT2D eigenvalue weighted by atomic mass is 10.1. The summed E-state index contributed by atoms with van der Waals surface area (Å²) >= 11 is 0. The van der Waals surface area contributed by atoms with E-state index in [0.29, 0.717) is 25.7 Å². The minimum Gasteiger partial charge on any atom is -0.353 e. The van der Waals surface area contributed by atoms with Crippen LogP contribution in [0.5, 0.6) is 0 Å². The minimum absolute atomic E-state index is 0.123. The molecule has 0 N–H and O–H groups in total. The standard InChI is InChI=1S/C11H21NO3/c1-4-14-11(15-5-2)7-6-10(3)8-12-9-13/h10-11H,4-8H2,1-3H3. The number of hydrogen-bond donors (Lipinski definition) is 0. The second-order valence-electron chi connectivity index (χ2n) is 3.45. The molecular formula is C11H21NO3. The molecule has 0 aliphatic rings. The number of rotatable bonds is 9. The zero-order chi connectivity index (χ0) is 11.5.